The van der Waals surface area contributed by atoms with Crippen molar-refractivity contribution >= 4 is 0 Å². The maximum Gasteiger partial charge on any atom is 0.129 e. The number of rotatable bonds is 6. The average Bonchev–Trinajstić information content (AvgIpc) is 2.30. The van der Waals surface area contributed by atoms with Gasteiger partial charge in [-0.1, -0.05) is 13.0 Å². The molecule has 0 fully saturated rings. The Morgan fingerprint density at radius 1 is 1.21 bits per heavy atom. The van der Waals surface area contributed by atoms with Crippen LogP contribution in [0, 0.1) is 11.6 Å². The summed E-state index contributed by atoms with van der Waals surface area (Å²) in [5, 5.41) is 3.20. The van der Waals surface area contributed by atoms with Crippen LogP contribution in [0.3, 0.4) is 0 Å². The molecular formula is C15H23F2NO. The van der Waals surface area contributed by atoms with Crippen LogP contribution in [0.25, 0.3) is 0 Å². The van der Waals surface area contributed by atoms with Crippen molar-refractivity contribution in [3.8, 4) is 0 Å². The average molecular weight is 271 g/mol. The molecule has 19 heavy (non-hydrogen) atoms. The number of hydrogen-bond acceptors (Lipinski definition) is 2. The summed E-state index contributed by atoms with van der Waals surface area (Å²) in [4.78, 5) is 0. The third kappa shape index (κ3) is 5.66. The van der Waals surface area contributed by atoms with Gasteiger partial charge in [-0.2, -0.15) is 0 Å². The van der Waals surface area contributed by atoms with Gasteiger partial charge in [0.05, 0.1) is 12.2 Å². The minimum atomic E-state index is -0.501. The summed E-state index contributed by atoms with van der Waals surface area (Å²) >= 11 is 0. The molecule has 0 aliphatic heterocycles. The first-order valence-electron chi connectivity index (χ1n) is 6.63. The van der Waals surface area contributed by atoms with Crippen molar-refractivity contribution in [2.24, 2.45) is 0 Å². The molecular weight excluding hydrogens is 248 g/mol. The van der Waals surface area contributed by atoms with Gasteiger partial charge in [0.15, 0.2) is 0 Å². The second kappa shape index (κ2) is 6.96. The van der Waals surface area contributed by atoms with Crippen molar-refractivity contribution in [2.75, 3.05) is 13.2 Å². The fourth-order valence-corrected chi connectivity index (χ4v) is 1.80. The smallest absolute Gasteiger partial charge is 0.129 e. The normalized spacial score (nSPS) is 13.6. The van der Waals surface area contributed by atoms with E-state index in [4.69, 9.17) is 4.74 Å². The lowest BCUT2D eigenvalue weighted by Gasteiger charge is -2.25. The first kappa shape index (κ1) is 16.1. The van der Waals surface area contributed by atoms with Crippen LogP contribution in [0.4, 0.5) is 8.78 Å². The minimum absolute atomic E-state index is 0.101. The van der Waals surface area contributed by atoms with Crippen molar-refractivity contribution in [3.05, 3.63) is 35.4 Å². The van der Waals surface area contributed by atoms with Crippen molar-refractivity contribution in [3.63, 3.8) is 0 Å². The van der Waals surface area contributed by atoms with Crippen LogP contribution in [0.2, 0.25) is 0 Å². The Morgan fingerprint density at radius 3 is 2.26 bits per heavy atom. The predicted octanol–water partition coefficient (Wildman–Crippen LogP) is 3.30. The molecule has 1 aromatic rings. The molecule has 0 spiro atoms. The molecule has 1 rings (SSSR count). The fourth-order valence-electron chi connectivity index (χ4n) is 1.80. The van der Waals surface area contributed by atoms with Gasteiger partial charge >= 0.3 is 0 Å². The van der Waals surface area contributed by atoms with Crippen LogP contribution < -0.4 is 5.32 Å². The maximum atomic E-state index is 13.6. The van der Waals surface area contributed by atoms with E-state index in [1.807, 2.05) is 27.7 Å². The molecule has 0 amide bonds. The van der Waals surface area contributed by atoms with E-state index in [0.29, 0.717) is 6.61 Å². The zero-order valence-corrected chi connectivity index (χ0v) is 12.1. The first-order valence-corrected chi connectivity index (χ1v) is 6.63. The van der Waals surface area contributed by atoms with Crippen molar-refractivity contribution in [2.45, 2.75) is 45.8 Å². The van der Waals surface area contributed by atoms with Gasteiger partial charge in [0.25, 0.3) is 0 Å². The molecule has 4 heteroatoms. The molecule has 1 N–H and O–H groups in total. The molecule has 0 saturated heterocycles. The SMILES string of the molecule is CCNC(COC(C)(C)C)Cc1c(F)cccc1F. The quantitative estimate of drug-likeness (QED) is 0.857. The van der Waals surface area contributed by atoms with Gasteiger partial charge in [-0.15, -0.1) is 0 Å². The summed E-state index contributed by atoms with van der Waals surface area (Å²) in [7, 11) is 0. The lowest BCUT2D eigenvalue weighted by Crippen LogP contribution is -2.38. The molecule has 0 heterocycles. The van der Waals surface area contributed by atoms with Crippen molar-refractivity contribution in [1.82, 2.24) is 5.32 Å². The topological polar surface area (TPSA) is 21.3 Å². The van der Waals surface area contributed by atoms with Crippen LogP contribution >= 0.6 is 0 Å². The molecule has 0 radical (unpaired) electrons. The zero-order valence-electron chi connectivity index (χ0n) is 12.1. The standard InChI is InChI=1S/C15H23F2NO/c1-5-18-11(10-19-15(2,3)4)9-12-13(16)7-6-8-14(12)17/h6-8,11,18H,5,9-10H2,1-4H3. The van der Waals surface area contributed by atoms with Gasteiger partial charge in [-0.25, -0.2) is 8.78 Å². The molecule has 108 valence electrons. The second-order valence-corrected chi connectivity index (χ2v) is 5.58. The Kier molecular flexibility index (Phi) is 5.88. The third-order valence-corrected chi connectivity index (χ3v) is 2.72. The van der Waals surface area contributed by atoms with Crippen LogP contribution in [0.15, 0.2) is 18.2 Å². The molecule has 1 unspecified atom stereocenters. The lowest BCUT2D eigenvalue weighted by atomic mass is 10.0. The van der Waals surface area contributed by atoms with Gasteiger partial charge in [-0.05, 0) is 45.9 Å². The second-order valence-electron chi connectivity index (χ2n) is 5.58. The van der Waals surface area contributed by atoms with E-state index < -0.39 is 11.6 Å². The first-order chi connectivity index (χ1) is 8.83. The Balaban J connectivity index is 2.72. The number of benzene rings is 1. The number of hydrogen-bond donors (Lipinski definition) is 1. The highest BCUT2D eigenvalue weighted by molar-refractivity contribution is 5.20. The van der Waals surface area contributed by atoms with E-state index in [2.05, 4.69) is 5.32 Å². The highest BCUT2D eigenvalue weighted by Gasteiger charge is 2.18. The Bertz CT molecular complexity index is 381. The third-order valence-electron chi connectivity index (χ3n) is 2.72. The van der Waals surface area contributed by atoms with Gasteiger partial charge in [0.2, 0.25) is 0 Å². The predicted molar refractivity (Wildman–Crippen MR) is 73.2 cm³/mol. The van der Waals surface area contributed by atoms with Gasteiger partial charge in [0.1, 0.15) is 11.6 Å². The zero-order chi connectivity index (χ0) is 14.5. The van der Waals surface area contributed by atoms with E-state index in [-0.39, 0.29) is 23.6 Å². The number of ether oxygens (including phenoxy) is 1. The Hall–Kier alpha value is -1.00. The van der Waals surface area contributed by atoms with Crippen molar-refractivity contribution in [1.29, 1.82) is 0 Å². The monoisotopic (exact) mass is 271 g/mol. The van der Waals surface area contributed by atoms with E-state index in [9.17, 15) is 8.78 Å². The Morgan fingerprint density at radius 2 is 1.79 bits per heavy atom. The summed E-state index contributed by atoms with van der Waals surface area (Å²) in [6, 6.07) is 3.84. The van der Waals surface area contributed by atoms with E-state index >= 15 is 0 Å². The van der Waals surface area contributed by atoms with Crippen molar-refractivity contribution < 1.29 is 13.5 Å². The maximum absolute atomic E-state index is 13.6. The molecule has 0 aliphatic carbocycles. The van der Waals surface area contributed by atoms with Gasteiger partial charge in [0, 0.05) is 11.6 Å². The fraction of sp³-hybridized carbons (Fsp3) is 0.600. The highest BCUT2D eigenvalue weighted by Crippen LogP contribution is 2.15. The molecule has 1 aromatic carbocycles. The van der Waals surface area contributed by atoms with Crippen LogP contribution in [-0.2, 0) is 11.2 Å². The number of halogens is 2. The molecule has 2 nitrogen and oxygen atoms in total. The lowest BCUT2D eigenvalue weighted by molar-refractivity contribution is -0.0143. The van der Waals surface area contributed by atoms with E-state index in [0.717, 1.165) is 6.54 Å². The summed E-state index contributed by atoms with van der Waals surface area (Å²) in [5.74, 6) is -1.00. The van der Waals surface area contributed by atoms with Gasteiger partial charge < -0.3 is 10.1 Å². The molecule has 1 atom stereocenters. The number of nitrogens with one attached hydrogen (secondary N) is 1. The highest BCUT2D eigenvalue weighted by atomic mass is 19.1. The molecule has 0 bridgehead atoms. The Labute approximate surface area is 114 Å². The van der Waals surface area contributed by atoms with Crippen LogP contribution in [0.1, 0.15) is 33.3 Å². The molecule has 0 aliphatic rings. The molecule has 0 saturated carbocycles. The summed E-state index contributed by atoms with van der Waals surface area (Å²) in [6.45, 7) is 8.99. The number of likely N-dealkylation sites (N-methyl/N-ethyl adjacent to an activating group) is 1. The minimum Gasteiger partial charge on any atom is -0.374 e. The van der Waals surface area contributed by atoms with Crippen LogP contribution in [0.5, 0.6) is 0 Å². The van der Waals surface area contributed by atoms with E-state index in [1.54, 1.807) is 0 Å². The largest absolute Gasteiger partial charge is 0.374 e. The van der Waals surface area contributed by atoms with Crippen LogP contribution in [-0.4, -0.2) is 24.8 Å². The summed E-state index contributed by atoms with van der Waals surface area (Å²) in [5.41, 5.74) is -0.146. The summed E-state index contributed by atoms with van der Waals surface area (Å²) < 4.78 is 32.9. The van der Waals surface area contributed by atoms with Gasteiger partial charge in [-0.3, -0.25) is 0 Å². The molecule has 0 aromatic heterocycles. The summed E-state index contributed by atoms with van der Waals surface area (Å²) in [6.07, 6.45) is 0.280. The van der Waals surface area contributed by atoms with E-state index in [1.165, 1.54) is 18.2 Å².